The van der Waals surface area contributed by atoms with Gasteiger partial charge >= 0.3 is 5.97 Å². The van der Waals surface area contributed by atoms with E-state index in [0.717, 1.165) is 16.7 Å². The van der Waals surface area contributed by atoms with Crippen LogP contribution in [0, 0.1) is 19.8 Å². The molecule has 1 saturated carbocycles. The van der Waals surface area contributed by atoms with Crippen LogP contribution >= 0.6 is 0 Å². The van der Waals surface area contributed by atoms with Crippen molar-refractivity contribution in [2.75, 3.05) is 0 Å². The lowest BCUT2D eigenvalue weighted by Gasteiger charge is -2.26. The van der Waals surface area contributed by atoms with Crippen molar-refractivity contribution in [3.05, 3.63) is 76.9 Å². The zero-order valence-electron chi connectivity index (χ0n) is 17.0. The molecule has 0 unspecified atom stereocenters. The van der Waals surface area contributed by atoms with Crippen molar-refractivity contribution in [2.45, 2.75) is 52.4 Å². The first kappa shape index (κ1) is 18.7. The molecule has 1 aliphatic rings. The highest BCUT2D eigenvalue weighted by Gasteiger charge is 2.20. The summed E-state index contributed by atoms with van der Waals surface area (Å²) in [6.07, 6.45) is 5.13. The normalized spacial score (nSPS) is 19.5. The van der Waals surface area contributed by atoms with E-state index in [-0.39, 0.29) is 5.97 Å². The quantitative estimate of drug-likeness (QED) is 0.366. The van der Waals surface area contributed by atoms with Gasteiger partial charge in [-0.2, -0.15) is 0 Å². The van der Waals surface area contributed by atoms with Gasteiger partial charge in [-0.05, 0) is 84.2 Å². The molecule has 2 heteroatoms. The molecule has 4 rings (SSSR count). The lowest BCUT2D eigenvalue weighted by Crippen LogP contribution is -2.11. The second-order valence-corrected chi connectivity index (χ2v) is 8.34. The van der Waals surface area contributed by atoms with Crippen LogP contribution in [0.5, 0.6) is 5.75 Å². The average Bonchev–Trinajstić information content (AvgIpc) is 2.69. The minimum atomic E-state index is -0.296. The van der Waals surface area contributed by atoms with Gasteiger partial charge in [0.25, 0.3) is 0 Å². The summed E-state index contributed by atoms with van der Waals surface area (Å²) in [7, 11) is 0. The van der Waals surface area contributed by atoms with Gasteiger partial charge in [0.2, 0.25) is 0 Å². The SMILES string of the molecule is Cc1cccc2c(C(=O)Oc3ccc(C4CCC(C)CC4)cc3)ccc(C)c12. The standard InChI is InChI=1S/C26H28O2/c1-17-7-10-20(11-8-17)21-12-14-22(15-13-21)28-26(27)24-16-9-19(3)25-18(2)5-4-6-23(24)25/h4-6,9,12-17,20H,7-8,10-11H2,1-3H3. The summed E-state index contributed by atoms with van der Waals surface area (Å²) in [6, 6.07) is 18.1. The van der Waals surface area contributed by atoms with Gasteiger partial charge in [0.05, 0.1) is 5.56 Å². The smallest absolute Gasteiger partial charge is 0.344 e. The topological polar surface area (TPSA) is 26.3 Å². The van der Waals surface area contributed by atoms with Crippen LogP contribution in [0.2, 0.25) is 0 Å². The molecule has 0 N–H and O–H groups in total. The van der Waals surface area contributed by atoms with Gasteiger partial charge < -0.3 is 4.74 Å². The van der Waals surface area contributed by atoms with Gasteiger partial charge in [0.15, 0.2) is 0 Å². The fraction of sp³-hybridized carbons (Fsp3) is 0.346. The van der Waals surface area contributed by atoms with Crippen molar-refractivity contribution in [2.24, 2.45) is 5.92 Å². The highest BCUT2D eigenvalue weighted by molar-refractivity contribution is 6.07. The van der Waals surface area contributed by atoms with Crippen molar-refractivity contribution in [1.29, 1.82) is 0 Å². The van der Waals surface area contributed by atoms with Crippen LogP contribution in [0.3, 0.4) is 0 Å². The molecule has 1 fully saturated rings. The third-order valence-electron chi connectivity index (χ3n) is 6.26. The lowest BCUT2D eigenvalue weighted by molar-refractivity contribution is 0.0737. The van der Waals surface area contributed by atoms with Crippen molar-refractivity contribution in [3.63, 3.8) is 0 Å². The molecule has 3 aromatic rings. The first-order chi connectivity index (χ1) is 13.5. The van der Waals surface area contributed by atoms with Crippen LogP contribution in [-0.4, -0.2) is 5.97 Å². The largest absolute Gasteiger partial charge is 0.423 e. The molecule has 144 valence electrons. The lowest BCUT2D eigenvalue weighted by atomic mass is 9.79. The van der Waals surface area contributed by atoms with Gasteiger partial charge in [-0.3, -0.25) is 0 Å². The van der Waals surface area contributed by atoms with Crippen LogP contribution < -0.4 is 4.74 Å². The Kier molecular flexibility index (Phi) is 5.21. The van der Waals surface area contributed by atoms with Gasteiger partial charge in [0.1, 0.15) is 5.75 Å². The summed E-state index contributed by atoms with van der Waals surface area (Å²) in [4.78, 5) is 12.9. The predicted molar refractivity (Wildman–Crippen MR) is 115 cm³/mol. The van der Waals surface area contributed by atoms with Crippen molar-refractivity contribution < 1.29 is 9.53 Å². The zero-order valence-corrected chi connectivity index (χ0v) is 17.0. The van der Waals surface area contributed by atoms with E-state index in [2.05, 4.69) is 39.0 Å². The van der Waals surface area contributed by atoms with E-state index in [1.165, 1.54) is 42.4 Å². The molecule has 0 atom stereocenters. The Morgan fingerprint density at radius 1 is 0.857 bits per heavy atom. The van der Waals surface area contributed by atoms with Crippen molar-refractivity contribution >= 4 is 16.7 Å². The Morgan fingerprint density at radius 3 is 2.25 bits per heavy atom. The third kappa shape index (κ3) is 3.69. The second-order valence-electron chi connectivity index (χ2n) is 8.34. The predicted octanol–water partition coefficient (Wildman–Crippen LogP) is 6.97. The Morgan fingerprint density at radius 2 is 1.54 bits per heavy atom. The van der Waals surface area contributed by atoms with Crippen molar-refractivity contribution in [1.82, 2.24) is 0 Å². The highest BCUT2D eigenvalue weighted by Crippen LogP contribution is 2.36. The van der Waals surface area contributed by atoms with E-state index in [9.17, 15) is 4.79 Å². The fourth-order valence-electron chi connectivity index (χ4n) is 4.54. The van der Waals surface area contributed by atoms with Crippen LogP contribution in [0.15, 0.2) is 54.6 Å². The van der Waals surface area contributed by atoms with E-state index in [0.29, 0.717) is 17.2 Å². The molecule has 28 heavy (non-hydrogen) atoms. The minimum absolute atomic E-state index is 0.296. The molecule has 0 saturated heterocycles. The minimum Gasteiger partial charge on any atom is -0.423 e. The maximum Gasteiger partial charge on any atom is 0.344 e. The highest BCUT2D eigenvalue weighted by atomic mass is 16.5. The second kappa shape index (κ2) is 7.79. The molecule has 0 spiro atoms. The molecule has 3 aromatic carbocycles. The fourth-order valence-corrected chi connectivity index (χ4v) is 4.54. The molecule has 2 nitrogen and oxygen atoms in total. The summed E-state index contributed by atoms with van der Waals surface area (Å²) in [6.45, 7) is 6.50. The molecule has 0 heterocycles. The summed E-state index contributed by atoms with van der Waals surface area (Å²) in [5.41, 5.74) is 4.34. The van der Waals surface area contributed by atoms with E-state index >= 15 is 0 Å². The van der Waals surface area contributed by atoms with E-state index in [4.69, 9.17) is 4.74 Å². The Bertz CT molecular complexity index is 985. The molecule has 0 aliphatic heterocycles. The summed E-state index contributed by atoms with van der Waals surface area (Å²) in [5.74, 6) is 1.81. The van der Waals surface area contributed by atoms with Gasteiger partial charge in [-0.1, -0.05) is 56.2 Å². The van der Waals surface area contributed by atoms with E-state index in [1.807, 2.05) is 36.4 Å². The molecule has 1 aliphatic carbocycles. The number of esters is 1. The number of rotatable bonds is 3. The number of ether oxygens (including phenoxy) is 1. The third-order valence-corrected chi connectivity index (χ3v) is 6.26. The number of hydrogen-bond acceptors (Lipinski definition) is 2. The van der Waals surface area contributed by atoms with Crippen molar-refractivity contribution in [3.8, 4) is 5.75 Å². The average molecular weight is 373 g/mol. The van der Waals surface area contributed by atoms with Crippen LogP contribution in [-0.2, 0) is 0 Å². The molecular weight excluding hydrogens is 344 g/mol. The van der Waals surface area contributed by atoms with E-state index in [1.54, 1.807) is 0 Å². The van der Waals surface area contributed by atoms with Gasteiger partial charge in [-0.15, -0.1) is 0 Å². The Balaban J connectivity index is 1.54. The number of fused-ring (bicyclic) bond motifs is 1. The van der Waals surface area contributed by atoms with E-state index < -0.39 is 0 Å². The number of benzene rings is 3. The summed E-state index contributed by atoms with van der Waals surface area (Å²) < 4.78 is 5.71. The number of carbonyl (C=O) groups is 1. The monoisotopic (exact) mass is 372 g/mol. The first-order valence-electron chi connectivity index (χ1n) is 10.3. The van der Waals surface area contributed by atoms with Gasteiger partial charge in [0, 0.05) is 0 Å². The number of hydrogen-bond donors (Lipinski definition) is 0. The van der Waals surface area contributed by atoms with Crippen LogP contribution in [0.4, 0.5) is 0 Å². The van der Waals surface area contributed by atoms with Crippen LogP contribution in [0.25, 0.3) is 10.8 Å². The summed E-state index contributed by atoms with van der Waals surface area (Å²) in [5, 5.41) is 2.09. The van der Waals surface area contributed by atoms with Crippen LogP contribution in [0.1, 0.15) is 65.6 Å². The Hall–Kier alpha value is -2.61. The Labute approximate surface area is 167 Å². The molecule has 0 aromatic heterocycles. The number of carbonyl (C=O) groups excluding carboxylic acids is 1. The number of aryl methyl sites for hydroxylation is 2. The molecular formula is C26H28O2. The van der Waals surface area contributed by atoms with Gasteiger partial charge in [-0.25, -0.2) is 4.79 Å². The molecule has 0 bridgehead atoms. The molecule has 0 amide bonds. The zero-order chi connectivity index (χ0) is 19.7. The maximum atomic E-state index is 12.9. The first-order valence-corrected chi connectivity index (χ1v) is 10.3. The molecule has 0 radical (unpaired) electrons. The summed E-state index contributed by atoms with van der Waals surface area (Å²) >= 11 is 0. The maximum absolute atomic E-state index is 12.9.